The minimum atomic E-state index is -0.759. The molecule has 0 unspecified atom stereocenters. The quantitative estimate of drug-likeness (QED) is 0.423. The summed E-state index contributed by atoms with van der Waals surface area (Å²) in [6.45, 7) is 4.36. The summed E-state index contributed by atoms with van der Waals surface area (Å²) < 4.78 is 6.49. The standard InChI is InChI=1S/C23H22N4O2S/c1-23(2,21(28)24-19-11-7-4-8-12-19)30-22-26-25-20(18-13-14-29-16-18)27(22)15-17-9-5-3-6-10-17/h3-14,16H,15H2,1-2H3,(H,24,28). The first-order valence-electron chi connectivity index (χ1n) is 9.58. The molecule has 0 spiro atoms. The van der Waals surface area contributed by atoms with Crippen molar-refractivity contribution in [2.75, 3.05) is 5.32 Å². The minimum Gasteiger partial charge on any atom is -0.472 e. The molecule has 0 radical (unpaired) electrons. The summed E-state index contributed by atoms with van der Waals surface area (Å²) in [4.78, 5) is 12.9. The molecule has 0 aliphatic heterocycles. The average Bonchev–Trinajstić information content (AvgIpc) is 3.40. The number of anilines is 1. The van der Waals surface area contributed by atoms with Gasteiger partial charge in [-0.3, -0.25) is 9.36 Å². The van der Waals surface area contributed by atoms with Crippen LogP contribution in [0.1, 0.15) is 19.4 Å². The van der Waals surface area contributed by atoms with Gasteiger partial charge in [-0.05, 0) is 37.6 Å². The van der Waals surface area contributed by atoms with Gasteiger partial charge in [0.1, 0.15) is 6.26 Å². The van der Waals surface area contributed by atoms with E-state index in [4.69, 9.17) is 4.42 Å². The van der Waals surface area contributed by atoms with Crippen molar-refractivity contribution in [3.63, 3.8) is 0 Å². The largest absolute Gasteiger partial charge is 0.472 e. The molecule has 0 aliphatic carbocycles. The Kier molecular flexibility index (Phi) is 5.72. The lowest BCUT2D eigenvalue weighted by atomic mass is 10.2. The first-order valence-corrected chi connectivity index (χ1v) is 10.4. The van der Waals surface area contributed by atoms with E-state index in [1.165, 1.54) is 11.8 Å². The van der Waals surface area contributed by atoms with Crippen LogP contribution in [0.15, 0.2) is 88.8 Å². The van der Waals surface area contributed by atoms with E-state index in [2.05, 4.69) is 27.6 Å². The number of benzene rings is 2. The molecule has 7 heteroatoms. The number of para-hydroxylation sites is 1. The Balaban J connectivity index is 1.62. The molecule has 0 fully saturated rings. The van der Waals surface area contributed by atoms with Crippen LogP contribution in [0.4, 0.5) is 5.69 Å². The number of thioether (sulfide) groups is 1. The van der Waals surface area contributed by atoms with Crippen molar-refractivity contribution in [3.8, 4) is 11.4 Å². The van der Waals surface area contributed by atoms with Crippen LogP contribution in [0.5, 0.6) is 0 Å². The lowest BCUT2D eigenvalue weighted by molar-refractivity contribution is -0.117. The van der Waals surface area contributed by atoms with E-state index >= 15 is 0 Å². The molecule has 1 N–H and O–H groups in total. The van der Waals surface area contributed by atoms with Crippen LogP contribution in [0.3, 0.4) is 0 Å². The summed E-state index contributed by atoms with van der Waals surface area (Å²) >= 11 is 1.38. The van der Waals surface area contributed by atoms with Crippen LogP contribution < -0.4 is 5.32 Å². The van der Waals surface area contributed by atoms with E-state index in [1.54, 1.807) is 12.5 Å². The number of hydrogen-bond donors (Lipinski definition) is 1. The van der Waals surface area contributed by atoms with Crippen LogP contribution in [0, 0.1) is 0 Å². The molecule has 2 aromatic carbocycles. The minimum absolute atomic E-state index is 0.0992. The predicted octanol–water partition coefficient (Wildman–Crippen LogP) is 5.10. The maximum atomic E-state index is 12.9. The van der Waals surface area contributed by atoms with Gasteiger partial charge in [0.05, 0.1) is 23.1 Å². The van der Waals surface area contributed by atoms with Crippen molar-refractivity contribution in [1.82, 2.24) is 14.8 Å². The number of rotatable bonds is 7. The molecule has 1 amide bonds. The summed E-state index contributed by atoms with van der Waals surface area (Å²) in [6.07, 6.45) is 3.26. The van der Waals surface area contributed by atoms with Gasteiger partial charge in [0, 0.05) is 5.69 Å². The number of hydrogen-bond acceptors (Lipinski definition) is 5. The average molecular weight is 419 g/mol. The first kappa shape index (κ1) is 20.0. The molecule has 0 bridgehead atoms. The molecule has 4 aromatic rings. The number of furan rings is 1. The van der Waals surface area contributed by atoms with Crippen LogP contribution >= 0.6 is 11.8 Å². The summed E-state index contributed by atoms with van der Waals surface area (Å²) in [5.74, 6) is 0.604. The van der Waals surface area contributed by atoms with Crippen molar-refractivity contribution in [1.29, 1.82) is 0 Å². The Morgan fingerprint density at radius 1 is 1.03 bits per heavy atom. The zero-order valence-electron chi connectivity index (χ0n) is 16.8. The number of nitrogens with zero attached hydrogens (tertiary/aromatic N) is 3. The molecule has 2 heterocycles. The van der Waals surface area contributed by atoms with Crippen molar-refractivity contribution in [2.45, 2.75) is 30.3 Å². The fourth-order valence-corrected chi connectivity index (χ4v) is 3.90. The lowest BCUT2D eigenvalue weighted by Gasteiger charge is -2.23. The number of aromatic nitrogens is 3. The van der Waals surface area contributed by atoms with Crippen molar-refractivity contribution in [3.05, 3.63) is 84.8 Å². The van der Waals surface area contributed by atoms with Gasteiger partial charge in [-0.25, -0.2) is 0 Å². The smallest absolute Gasteiger partial charge is 0.240 e. The zero-order chi connectivity index (χ0) is 21.0. The molecule has 152 valence electrons. The third kappa shape index (κ3) is 4.46. The maximum Gasteiger partial charge on any atom is 0.240 e. The van der Waals surface area contributed by atoms with E-state index in [-0.39, 0.29) is 5.91 Å². The molecule has 30 heavy (non-hydrogen) atoms. The van der Waals surface area contributed by atoms with Gasteiger partial charge in [-0.15, -0.1) is 10.2 Å². The topological polar surface area (TPSA) is 73.0 Å². The van der Waals surface area contributed by atoms with E-state index in [0.717, 1.165) is 16.8 Å². The van der Waals surface area contributed by atoms with Gasteiger partial charge in [-0.2, -0.15) is 0 Å². The fraction of sp³-hybridized carbons (Fsp3) is 0.174. The number of amides is 1. The van der Waals surface area contributed by atoms with Crippen molar-refractivity contribution in [2.24, 2.45) is 0 Å². The SMILES string of the molecule is CC(C)(Sc1nnc(-c2ccoc2)n1Cc1ccccc1)C(=O)Nc1ccccc1. The predicted molar refractivity (Wildman–Crippen MR) is 118 cm³/mol. The number of carbonyl (C=O) groups is 1. The third-order valence-electron chi connectivity index (χ3n) is 4.60. The van der Waals surface area contributed by atoms with Gasteiger partial charge in [0.2, 0.25) is 5.91 Å². The molecule has 0 aliphatic rings. The Hall–Kier alpha value is -3.32. The van der Waals surface area contributed by atoms with Gasteiger partial charge in [-0.1, -0.05) is 60.3 Å². The monoisotopic (exact) mass is 418 g/mol. The van der Waals surface area contributed by atoms with E-state index in [1.807, 2.05) is 73.0 Å². The van der Waals surface area contributed by atoms with E-state index in [9.17, 15) is 4.79 Å². The normalized spacial score (nSPS) is 11.4. The Labute approximate surface area is 179 Å². The highest BCUT2D eigenvalue weighted by molar-refractivity contribution is 8.01. The van der Waals surface area contributed by atoms with Crippen LogP contribution in [0.25, 0.3) is 11.4 Å². The van der Waals surface area contributed by atoms with Gasteiger partial charge >= 0.3 is 0 Å². The molecular formula is C23H22N4O2S. The summed E-state index contributed by atoms with van der Waals surface area (Å²) in [7, 11) is 0. The third-order valence-corrected chi connectivity index (χ3v) is 5.78. The maximum absolute atomic E-state index is 12.9. The Morgan fingerprint density at radius 2 is 1.73 bits per heavy atom. The van der Waals surface area contributed by atoms with Gasteiger partial charge in [0.25, 0.3) is 0 Å². The second-order valence-corrected chi connectivity index (χ2v) is 8.91. The first-order chi connectivity index (χ1) is 14.5. The van der Waals surface area contributed by atoms with Crippen molar-refractivity contribution >= 4 is 23.4 Å². The number of nitrogens with one attached hydrogen (secondary N) is 1. The molecule has 6 nitrogen and oxygen atoms in total. The number of carbonyl (C=O) groups excluding carboxylic acids is 1. The molecule has 4 rings (SSSR count). The molecular weight excluding hydrogens is 396 g/mol. The molecule has 0 saturated carbocycles. The van der Waals surface area contributed by atoms with Crippen LogP contribution in [-0.2, 0) is 11.3 Å². The van der Waals surface area contributed by atoms with Crippen LogP contribution in [-0.4, -0.2) is 25.4 Å². The zero-order valence-corrected chi connectivity index (χ0v) is 17.6. The fourth-order valence-electron chi connectivity index (χ4n) is 2.96. The second-order valence-electron chi connectivity index (χ2n) is 7.32. The summed E-state index contributed by atoms with van der Waals surface area (Å²) in [5, 5.41) is 12.4. The highest BCUT2D eigenvalue weighted by Gasteiger charge is 2.32. The lowest BCUT2D eigenvalue weighted by Crippen LogP contribution is -2.34. The van der Waals surface area contributed by atoms with E-state index < -0.39 is 4.75 Å². The Morgan fingerprint density at radius 3 is 2.40 bits per heavy atom. The Bertz CT molecular complexity index is 1110. The van der Waals surface area contributed by atoms with E-state index in [0.29, 0.717) is 17.5 Å². The van der Waals surface area contributed by atoms with Gasteiger partial charge < -0.3 is 9.73 Å². The molecule has 2 aromatic heterocycles. The van der Waals surface area contributed by atoms with Crippen LogP contribution in [0.2, 0.25) is 0 Å². The van der Waals surface area contributed by atoms with Gasteiger partial charge in [0.15, 0.2) is 11.0 Å². The molecule has 0 saturated heterocycles. The van der Waals surface area contributed by atoms with Crippen molar-refractivity contribution < 1.29 is 9.21 Å². The summed E-state index contributed by atoms with van der Waals surface area (Å²) in [6, 6.07) is 21.4. The summed E-state index contributed by atoms with van der Waals surface area (Å²) in [5.41, 5.74) is 2.73. The highest BCUT2D eigenvalue weighted by atomic mass is 32.2. The highest BCUT2D eigenvalue weighted by Crippen LogP contribution is 2.35. The second kappa shape index (κ2) is 8.59. The molecule has 0 atom stereocenters.